The van der Waals surface area contributed by atoms with Crippen LogP contribution in [0.3, 0.4) is 0 Å². The van der Waals surface area contributed by atoms with Gasteiger partial charge in [-0.1, -0.05) is 11.8 Å². The zero-order valence-corrected chi connectivity index (χ0v) is 15.3. The van der Waals surface area contributed by atoms with Gasteiger partial charge in [0, 0.05) is 43.8 Å². The molecule has 1 heterocycles. The van der Waals surface area contributed by atoms with Gasteiger partial charge in [0.25, 0.3) is 5.91 Å². The van der Waals surface area contributed by atoms with E-state index in [9.17, 15) is 9.59 Å². The van der Waals surface area contributed by atoms with Crippen molar-refractivity contribution >= 4 is 29.3 Å². The van der Waals surface area contributed by atoms with Crippen LogP contribution in [-0.4, -0.2) is 46.9 Å². The number of thioether (sulfide) groups is 1. The number of aryl methyl sites for hydroxylation is 1. The molecule has 1 aromatic carbocycles. The number of nitrogens with one attached hydrogen (secondary N) is 2. The second-order valence-corrected chi connectivity index (χ2v) is 6.51. The summed E-state index contributed by atoms with van der Waals surface area (Å²) in [4.78, 5) is 28.2. The van der Waals surface area contributed by atoms with Gasteiger partial charge in [-0.3, -0.25) is 9.59 Å². The molecule has 2 aromatic rings. The summed E-state index contributed by atoms with van der Waals surface area (Å²) >= 11 is 1.36. The molecule has 1 atom stereocenters. The second-order valence-electron chi connectivity index (χ2n) is 5.56. The first-order chi connectivity index (χ1) is 12.0. The van der Waals surface area contributed by atoms with Crippen molar-refractivity contribution in [1.82, 2.24) is 14.9 Å². The Kier molecular flexibility index (Phi) is 7.03. The zero-order chi connectivity index (χ0) is 18.2. The summed E-state index contributed by atoms with van der Waals surface area (Å²) in [7, 11) is 3.47. The van der Waals surface area contributed by atoms with Gasteiger partial charge in [0.05, 0.1) is 12.4 Å². The van der Waals surface area contributed by atoms with Gasteiger partial charge < -0.3 is 19.9 Å². The number of amides is 2. The number of hydrogen-bond donors (Lipinski definition) is 2. The molecule has 0 spiro atoms. The lowest BCUT2D eigenvalue weighted by Gasteiger charge is -2.13. The molecule has 0 aliphatic heterocycles. The summed E-state index contributed by atoms with van der Waals surface area (Å²) in [5, 5.41) is 6.42. The SMILES string of the molecule is COCC(C)NC(=O)c1ccc(NC(=O)CSc2nccn2C)cc1. The molecule has 0 saturated heterocycles. The van der Waals surface area contributed by atoms with E-state index in [0.29, 0.717) is 17.9 Å². The molecule has 7 nitrogen and oxygen atoms in total. The molecule has 0 aliphatic carbocycles. The van der Waals surface area contributed by atoms with E-state index < -0.39 is 0 Å². The number of carbonyl (C=O) groups excluding carboxylic acids is 2. The molecule has 134 valence electrons. The molecule has 2 N–H and O–H groups in total. The second kappa shape index (κ2) is 9.24. The number of imidazole rings is 1. The number of nitrogens with zero attached hydrogens (tertiary/aromatic N) is 2. The summed E-state index contributed by atoms with van der Waals surface area (Å²) in [6.45, 7) is 2.32. The van der Waals surface area contributed by atoms with Crippen molar-refractivity contribution in [2.75, 3.05) is 24.8 Å². The summed E-state index contributed by atoms with van der Waals surface area (Å²) < 4.78 is 6.85. The standard InChI is InChI=1S/C17H22N4O3S/c1-12(10-24-3)19-16(23)13-4-6-14(7-5-13)20-15(22)11-25-17-18-8-9-21(17)2/h4-9,12H,10-11H2,1-3H3,(H,19,23)(H,20,22). The van der Waals surface area contributed by atoms with Crippen molar-refractivity contribution in [3.8, 4) is 0 Å². The smallest absolute Gasteiger partial charge is 0.251 e. The lowest BCUT2D eigenvalue weighted by molar-refractivity contribution is -0.113. The molecule has 1 unspecified atom stereocenters. The highest BCUT2D eigenvalue weighted by atomic mass is 32.2. The highest BCUT2D eigenvalue weighted by Gasteiger charge is 2.10. The minimum Gasteiger partial charge on any atom is -0.383 e. The summed E-state index contributed by atoms with van der Waals surface area (Å²) in [6, 6.07) is 6.70. The maximum atomic E-state index is 12.1. The molecular formula is C17H22N4O3S. The van der Waals surface area contributed by atoms with Crippen molar-refractivity contribution in [2.45, 2.75) is 18.1 Å². The predicted molar refractivity (Wildman–Crippen MR) is 97.8 cm³/mol. The van der Waals surface area contributed by atoms with Gasteiger partial charge in [-0.25, -0.2) is 4.98 Å². The summed E-state index contributed by atoms with van der Waals surface area (Å²) in [5.74, 6) is -0.0339. The van der Waals surface area contributed by atoms with E-state index >= 15 is 0 Å². The van der Waals surface area contributed by atoms with Crippen LogP contribution in [0.15, 0.2) is 41.8 Å². The fourth-order valence-electron chi connectivity index (χ4n) is 2.12. The van der Waals surface area contributed by atoms with E-state index in [1.54, 1.807) is 37.6 Å². The minimum absolute atomic E-state index is 0.0694. The lowest BCUT2D eigenvalue weighted by Crippen LogP contribution is -2.35. The normalized spacial score (nSPS) is 11.8. The Morgan fingerprint density at radius 1 is 1.32 bits per heavy atom. The van der Waals surface area contributed by atoms with E-state index in [1.807, 2.05) is 24.7 Å². The van der Waals surface area contributed by atoms with E-state index in [2.05, 4.69) is 15.6 Å². The third kappa shape index (κ3) is 5.91. The first kappa shape index (κ1) is 19.0. The van der Waals surface area contributed by atoms with Crippen molar-refractivity contribution < 1.29 is 14.3 Å². The molecule has 0 bridgehead atoms. The lowest BCUT2D eigenvalue weighted by atomic mass is 10.2. The van der Waals surface area contributed by atoms with E-state index in [4.69, 9.17) is 4.74 Å². The van der Waals surface area contributed by atoms with Crippen molar-refractivity contribution in [3.63, 3.8) is 0 Å². The Morgan fingerprint density at radius 2 is 2.04 bits per heavy atom. The van der Waals surface area contributed by atoms with Crippen LogP contribution in [0.4, 0.5) is 5.69 Å². The Bertz CT molecular complexity index is 715. The van der Waals surface area contributed by atoms with E-state index in [1.165, 1.54) is 11.8 Å². The molecule has 2 amide bonds. The van der Waals surface area contributed by atoms with Crippen molar-refractivity contribution in [1.29, 1.82) is 0 Å². The van der Waals surface area contributed by atoms with Crippen LogP contribution in [-0.2, 0) is 16.6 Å². The fourth-order valence-corrected chi connectivity index (χ4v) is 2.85. The van der Waals surface area contributed by atoms with E-state index in [-0.39, 0.29) is 23.6 Å². The third-order valence-electron chi connectivity index (χ3n) is 3.33. The number of methoxy groups -OCH3 is 1. The maximum absolute atomic E-state index is 12.1. The highest BCUT2D eigenvalue weighted by molar-refractivity contribution is 7.99. The molecule has 0 radical (unpaired) electrons. The summed E-state index contributed by atoms with van der Waals surface area (Å²) in [5.41, 5.74) is 1.18. The topological polar surface area (TPSA) is 85.2 Å². The molecule has 2 rings (SSSR count). The van der Waals surface area contributed by atoms with Crippen LogP contribution in [0.2, 0.25) is 0 Å². The largest absolute Gasteiger partial charge is 0.383 e. The van der Waals surface area contributed by atoms with Crippen LogP contribution >= 0.6 is 11.8 Å². The van der Waals surface area contributed by atoms with Gasteiger partial charge in [0.1, 0.15) is 0 Å². The average Bonchev–Trinajstić information content (AvgIpc) is 2.99. The number of ether oxygens (including phenoxy) is 1. The number of hydrogen-bond acceptors (Lipinski definition) is 5. The molecule has 0 aliphatic rings. The van der Waals surface area contributed by atoms with Crippen molar-refractivity contribution in [3.05, 3.63) is 42.2 Å². The van der Waals surface area contributed by atoms with Crippen LogP contribution in [0.5, 0.6) is 0 Å². The van der Waals surface area contributed by atoms with Gasteiger partial charge in [-0.05, 0) is 31.2 Å². The first-order valence-electron chi connectivity index (χ1n) is 7.79. The number of carbonyl (C=O) groups is 2. The maximum Gasteiger partial charge on any atom is 0.251 e. The van der Waals surface area contributed by atoms with Crippen LogP contribution in [0.25, 0.3) is 0 Å². The van der Waals surface area contributed by atoms with Gasteiger partial charge >= 0.3 is 0 Å². The quantitative estimate of drug-likeness (QED) is 0.701. The predicted octanol–water partition coefficient (Wildman–Crippen LogP) is 1.92. The zero-order valence-electron chi connectivity index (χ0n) is 14.5. The molecule has 25 heavy (non-hydrogen) atoms. The number of rotatable bonds is 8. The van der Waals surface area contributed by atoms with E-state index in [0.717, 1.165) is 5.16 Å². The number of benzene rings is 1. The van der Waals surface area contributed by atoms with Gasteiger partial charge in [-0.15, -0.1) is 0 Å². The molecule has 8 heteroatoms. The Balaban J connectivity index is 1.84. The Morgan fingerprint density at radius 3 is 2.64 bits per heavy atom. The van der Waals surface area contributed by atoms with Gasteiger partial charge in [-0.2, -0.15) is 0 Å². The third-order valence-corrected chi connectivity index (χ3v) is 4.39. The van der Waals surface area contributed by atoms with Gasteiger partial charge in [0.15, 0.2) is 5.16 Å². The Hall–Kier alpha value is -2.32. The first-order valence-corrected chi connectivity index (χ1v) is 8.78. The molecule has 1 aromatic heterocycles. The minimum atomic E-state index is -0.173. The molecule has 0 saturated carbocycles. The highest BCUT2D eigenvalue weighted by Crippen LogP contribution is 2.15. The van der Waals surface area contributed by atoms with Gasteiger partial charge in [0.2, 0.25) is 5.91 Å². The molecule has 0 fully saturated rings. The van der Waals surface area contributed by atoms with Crippen molar-refractivity contribution in [2.24, 2.45) is 7.05 Å². The Labute approximate surface area is 151 Å². The molecular weight excluding hydrogens is 340 g/mol. The number of aromatic nitrogens is 2. The monoisotopic (exact) mass is 362 g/mol. The van der Waals surface area contributed by atoms with Crippen LogP contribution in [0.1, 0.15) is 17.3 Å². The van der Waals surface area contributed by atoms with Crippen LogP contribution in [0, 0.1) is 0 Å². The average molecular weight is 362 g/mol. The summed E-state index contributed by atoms with van der Waals surface area (Å²) in [6.07, 6.45) is 3.52. The van der Waals surface area contributed by atoms with Crippen LogP contribution < -0.4 is 10.6 Å². The number of anilines is 1. The fraction of sp³-hybridized carbons (Fsp3) is 0.353.